The van der Waals surface area contributed by atoms with Crippen LogP contribution in [0.2, 0.25) is 0 Å². The highest BCUT2D eigenvalue weighted by molar-refractivity contribution is 5.82. The van der Waals surface area contributed by atoms with Gasteiger partial charge in [0.1, 0.15) is 30.1 Å². The number of nitriles is 1. The van der Waals surface area contributed by atoms with Gasteiger partial charge in [0.15, 0.2) is 0 Å². The SMILES string of the molecule is Cc1cc(C)c(-c2c(C#N)c(N)nc3c2C[C@H](N)CC3)cc1Cn1cncn1. The van der Waals surface area contributed by atoms with Crippen molar-refractivity contribution in [3.8, 4) is 17.2 Å². The second-order valence-corrected chi connectivity index (χ2v) is 7.47. The number of hydrogen-bond acceptors (Lipinski definition) is 6. The van der Waals surface area contributed by atoms with Crippen molar-refractivity contribution in [3.05, 3.63) is 58.3 Å². The number of fused-ring (bicyclic) bond motifs is 1. The summed E-state index contributed by atoms with van der Waals surface area (Å²) in [6, 6.07) is 6.64. The first-order valence-electron chi connectivity index (χ1n) is 9.37. The third kappa shape index (κ3) is 3.12. The molecule has 4 rings (SSSR count). The van der Waals surface area contributed by atoms with Crippen LogP contribution in [-0.2, 0) is 19.4 Å². The Morgan fingerprint density at radius 3 is 2.82 bits per heavy atom. The van der Waals surface area contributed by atoms with Crippen LogP contribution >= 0.6 is 0 Å². The zero-order valence-electron chi connectivity index (χ0n) is 16.1. The normalized spacial score (nSPS) is 15.9. The molecule has 0 fully saturated rings. The molecule has 1 atom stereocenters. The molecule has 7 nitrogen and oxygen atoms in total. The molecule has 4 N–H and O–H groups in total. The average Bonchev–Trinajstić information content (AvgIpc) is 3.17. The summed E-state index contributed by atoms with van der Waals surface area (Å²) >= 11 is 0. The van der Waals surface area contributed by atoms with Gasteiger partial charge in [-0.15, -0.1) is 0 Å². The van der Waals surface area contributed by atoms with Gasteiger partial charge in [-0.2, -0.15) is 10.4 Å². The fraction of sp³-hybridized carbons (Fsp3) is 0.333. The Morgan fingerprint density at radius 2 is 2.11 bits per heavy atom. The molecule has 7 heteroatoms. The molecule has 0 unspecified atom stereocenters. The van der Waals surface area contributed by atoms with Gasteiger partial charge < -0.3 is 11.5 Å². The summed E-state index contributed by atoms with van der Waals surface area (Å²) in [5, 5.41) is 14.0. The van der Waals surface area contributed by atoms with Crippen LogP contribution < -0.4 is 11.5 Å². The number of nitrogens with two attached hydrogens (primary N) is 2. The van der Waals surface area contributed by atoms with Crippen molar-refractivity contribution in [2.45, 2.75) is 45.7 Å². The molecule has 0 spiro atoms. The largest absolute Gasteiger partial charge is 0.383 e. The van der Waals surface area contributed by atoms with Gasteiger partial charge in [-0.25, -0.2) is 14.6 Å². The molecular weight excluding hydrogens is 350 g/mol. The number of nitrogen functional groups attached to an aromatic ring is 1. The molecule has 28 heavy (non-hydrogen) atoms. The van der Waals surface area contributed by atoms with Gasteiger partial charge in [0.05, 0.1) is 6.54 Å². The minimum atomic E-state index is 0.0728. The van der Waals surface area contributed by atoms with Crippen molar-refractivity contribution >= 4 is 5.82 Å². The van der Waals surface area contributed by atoms with Crippen molar-refractivity contribution in [1.82, 2.24) is 19.7 Å². The Labute approximate surface area is 164 Å². The molecule has 0 aliphatic heterocycles. The zero-order valence-corrected chi connectivity index (χ0v) is 16.1. The number of aromatic nitrogens is 4. The van der Waals surface area contributed by atoms with Crippen LogP contribution in [0, 0.1) is 25.2 Å². The minimum Gasteiger partial charge on any atom is -0.383 e. The third-order valence-electron chi connectivity index (χ3n) is 5.49. The summed E-state index contributed by atoms with van der Waals surface area (Å²) in [5.74, 6) is 0.296. The van der Waals surface area contributed by atoms with E-state index >= 15 is 0 Å². The van der Waals surface area contributed by atoms with E-state index in [2.05, 4.69) is 47.1 Å². The quantitative estimate of drug-likeness (QED) is 0.727. The van der Waals surface area contributed by atoms with E-state index in [0.29, 0.717) is 24.3 Å². The van der Waals surface area contributed by atoms with E-state index in [1.807, 2.05) is 0 Å². The Hall–Kier alpha value is -3.24. The second-order valence-electron chi connectivity index (χ2n) is 7.47. The number of benzene rings is 1. The van der Waals surface area contributed by atoms with Crippen LogP contribution in [0.3, 0.4) is 0 Å². The molecule has 1 aliphatic rings. The molecule has 3 aromatic rings. The highest BCUT2D eigenvalue weighted by Crippen LogP contribution is 2.38. The lowest BCUT2D eigenvalue weighted by atomic mass is 9.82. The lowest BCUT2D eigenvalue weighted by Crippen LogP contribution is -2.29. The molecular formula is C21H23N7. The molecule has 2 heterocycles. The highest BCUT2D eigenvalue weighted by atomic mass is 15.3. The summed E-state index contributed by atoms with van der Waals surface area (Å²) in [7, 11) is 0. The molecule has 1 aliphatic carbocycles. The van der Waals surface area contributed by atoms with Gasteiger partial charge in [0.2, 0.25) is 0 Å². The Morgan fingerprint density at radius 1 is 1.29 bits per heavy atom. The fourth-order valence-corrected chi connectivity index (χ4v) is 4.04. The van der Waals surface area contributed by atoms with Crippen molar-refractivity contribution in [2.24, 2.45) is 5.73 Å². The smallest absolute Gasteiger partial charge is 0.142 e. The van der Waals surface area contributed by atoms with E-state index < -0.39 is 0 Å². The predicted molar refractivity (Wildman–Crippen MR) is 107 cm³/mol. The van der Waals surface area contributed by atoms with Crippen LogP contribution in [0.25, 0.3) is 11.1 Å². The lowest BCUT2D eigenvalue weighted by molar-refractivity contribution is 0.568. The summed E-state index contributed by atoms with van der Waals surface area (Å²) in [6.45, 7) is 4.76. The van der Waals surface area contributed by atoms with E-state index in [-0.39, 0.29) is 6.04 Å². The first-order chi connectivity index (χ1) is 13.5. The van der Waals surface area contributed by atoms with Crippen molar-refractivity contribution in [2.75, 3.05) is 5.73 Å². The zero-order chi connectivity index (χ0) is 19.8. The van der Waals surface area contributed by atoms with E-state index in [0.717, 1.165) is 46.4 Å². The van der Waals surface area contributed by atoms with Gasteiger partial charge >= 0.3 is 0 Å². The minimum absolute atomic E-state index is 0.0728. The van der Waals surface area contributed by atoms with Crippen LogP contribution in [0.1, 0.15) is 39.9 Å². The van der Waals surface area contributed by atoms with Gasteiger partial charge in [-0.3, -0.25) is 0 Å². The van der Waals surface area contributed by atoms with Crippen LogP contribution in [0.5, 0.6) is 0 Å². The first kappa shape index (κ1) is 18.1. The Balaban J connectivity index is 1.94. The monoisotopic (exact) mass is 373 g/mol. The maximum absolute atomic E-state index is 9.83. The number of nitrogens with zero attached hydrogens (tertiary/aromatic N) is 5. The molecule has 142 valence electrons. The van der Waals surface area contributed by atoms with E-state index in [1.165, 1.54) is 11.9 Å². The highest BCUT2D eigenvalue weighted by Gasteiger charge is 2.26. The maximum atomic E-state index is 9.83. The number of aryl methyl sites for hydroxylation is 3. The van der Waals surface area contributed by atoms with E-state index in [9.17, 15) is 5.26 Å². The summed E-state index contributed by atoms with van der Waals surface area (Å²) in [4.78, 5) is 8.53. The average molecular weight is 373 g/mol. The van der Waals surface area contributed by atoms with Crippen molar-refractivity contribution in [1.29, 1.82) is 5.26 Å². The van der Waals surface area contributed by atoms with E-state index in [1.54, 1.807) is 11.0 Å². The molecule has 0 bridgehead atoms. The van der Waals surface area contributed by atoms with Gasteiger partial charge in [-0.05, 0) is 67.0 Å². The molecule has 0 saturated heterocycles. The lowest BCUT2D eigenvalue weighted by Gasteiger charge is -2.26. The van der Waals surface area contributed by atoms with Gasteiger partial charge in [-0.1, -0.05) is 6.07 Å². The Bertz CT molecular complexity index is 1080. The van der Waals surface area contributed by atoms with Crippen molar-refractivity contribution in [3.63, 3.8) is 0 Å². The molecule has 2 aromatic heterocycles. The number of pyridine rings is 1. The van der Waals surface area contributed by atoms with Gasteiger partial charge in [0.25, 0.3) is 0 Å². The summed E-state index contributed by atoms with van der Waals surface area (Å²) in [6.07, 6.45) is 5.61. The molecule has 1 aromatic carbocycles. The fourth-order valence-electron chi connectivity index (χ4n) is 4.04. The van der Waals surface area contributed by atoms with Crippen LogP contribution in [0.4, 0.5) is 5.82 Å². The van der Waals surface area contributed by atoms with Crippen molar-refractivity contribution < 1.29 is 0 Å². The standard InChI is InChI=1S/C21H23N7/c1-12-5-13(2)16(6-14(12)9-28-11-25-10-26-28)20-17-7-15(23)3-4-19(17)27-21(24)18(20)8-22/h5-6,10-11,15H,3-4,7,9,23H2,1-2H3,(H2,24,27)/t15-/m1/s1. The topological polar surface area (TPSA) is 119 Å². The molecule has 0 radical (unpaired) electrons. The summed E-state index contributed by atoms with van der Waals surface area (Å²) in [5.41, 5.74) is 20.2. The van der Waals surface area contributed by atoms with Gasteiger partial charge in [0, 0.05) is 17.3 Å². The number of hydrogen-bond donors (Lipinski definition) is 2. The Kier molecular flexibility index (Phi) is 4.57. The summed E-state index contributed by atoms with van der Waals surface area (Å²) < 4.78 is 1.79. The molecule has 0 amide bonds. The number of anilines is 1. The number of rotatable bonds is 3. The molecule has 0 saturated carbocycles. The predicted octanol–water partition coefficient (Wildman–Crippen LogP) is 2.28. The van der Waals surface area contributed by atoms with Crippen LogP contribution in [0.15, 0.2) is 24.8 Å². The van der Waals surface area contributed by atoms with E-state index in [4.69, 9.17) is 11.5 Å². The second kappa shape index (κ2) is 7.06. The maximum Gasteiger partial charge on any atom is 0.142 e. The van der Waals surface area contributed by atoms with Crippen LogP contribution in [-0.4, -0.2) is 25.8 Å². The third-order valence-corrected chi connectivity index (χ3v) is 5.49. The first-order valence-corrected chi connectivity index (χ1v) is 9.37.